The van der Waals surface area contributed by atoms with Gasteiger partial charge in [0.2, 0.25) is 0 Å². The SMILES string of the molecule is O=C(O)[C@H]1CN(Cc2ccccc2)C[C@]12CCOC2. The maximum Gasteiger partial charge on any atom is 0.308 e. The van der Waals surface area contributed by atoms with E-state index >= 15 is 0 Å². The maximum absolute atomic E-state index is 11.5. The summed E-state index contributed by atoms with van der Waals surface area (Å²) in [7, 11) is 0. The van der Waals surface area contributed by atoms with Gasteiger partial charge in [-0.1, -0.05) is 30.3 Å². The first-order chi connectivity index (χ1) is 9.20. The lowest BCUT2D eigenvalue weighted by Gasteiger charge is -2.25. The first-order valence-corrected chi connectivity index (χ1v) is 6.76. The molecule has 2 saturated heterocycles. The van der Waals surface area contributed by atoms with Crippen molar-refractivity contribution in [1.82, 2.24) is 4.90 Å². The number of nitrogens with zero attached hydrogens (tertiary/aromatic N) is 1. The normalized spacial score (nSPS) is 31.1. The molecule has 2 heterocycles. The van der Waals surface area contributed by atoms with Crippen LogP contribution in [0, 0.1) is 11.3 Å². The lowest BCUT2D eigenvalue weighted by Crippen LogP contribution is -2.35. The maximum atomic E-state index is 11.5. The van der Waals surface area contributed by atoms with Crippen molar-refractivity contribution in [2.24, 2.45) is 11.3 Å². The summed E-state index contributed by atoms with van der Waals surface area (Å²) in [5.41, 5.74) is 1.07. The van der Waals surface area contributed by atoms with Gasteiger partial charge >= 0.3 is 5.97 Å². The molecule has 0 aromatic heterocycles. The van der Waals surface area contributed by atoms with Crippen LogP contribution in [0.15, 0.2) is 30.3 Å². The zero-order chi connectivity index (χ0) is 13.3. The van der Waals surface area contributed by atoms with Gasteiger partial charge in [-0.05, 0) is 12.0 Å². The molecular formula is C15H19NO3. The van der Waals surface area contributed by atoms with Crippen molar-refractivity contribution in [2.75, 3.05) is 26.3 Å². The predicted octanol–water partition coefficient (Wildman–Crippen LogP) is 1.61. The molecule has 0 amide bonds. The van der Waals surface area contributed by atoms with E-state index in [2.05, 4.69) is 17.0 Å². The Kier molecular flexibility index (Phi) is 3.29. The van der Waals surface area contributed by atoms with Crippen LogP contribution in [0.2, 0.25) is 0 Å². The summed E-state index contributed by atoms with van der Waals surface area (Å²) in [6, 6.07) is 10.2. The van der Waals surface area contributed by atoms with Crippen LogP contribution in [-0.2, 0) is 16.1 Å². The van der Waals surface area contributed by atoms with Crippen molar-refractivity contribution in [3.8, 4) is 0 Å². The van der Waals surface area contributed by atoms with Crippen LogP contribution in [-0.4, -0.2) is 42.3 Å². The summed E-state index contributed by atoms with van der Waals surface area (Å²) < 4.78 is 5.47. The number of ether oxygens (including phenoxy) is 1. The molecule has 1 N–H and O–H groups in total. The van der Waals surface area contributed by atoms with Crippen molar-refractivity contribution >= 4 is 5.97 Å². The molecule has 2 aliphatic rings. The fourth-order valence-electron chi connectivity index (χ4n) is 3.40. The van der Waals surface area contributed by atoms with Crippen LogP contribution >= 0.6 is 0 Å². The van der Waals surface area contributed by atoms with E-state index in [0.717, 1.165) is 19.5 Å². The highest BCUT2D eigenvalue weighted by Crippen LogP contribution is 2.43. The van der Waals surface area contributed by atoms with Gasteiger partial charge in [0.15, 0.2) is 0 Å². The van der Waals surface area contributed by atoms with Gasteiger partial charge in [0.1, 0.15) is 0 Å². The van der Waals surface area contributed by atoms with Gasteiger partial charge in [-0.15, -0.1) is 0 Å². The van der Waals surface area contributed by atoms with E-state index in [1.807, 2.05) is 18.2 Å². The predicted molar refractivity (Wildman–Crippen MR) is 70.7 cm³/mol. The molecule has 4 nitrogen and oxygen atoms in total. The molecule has 2 fully saturated rings. The number of carbonyl (C=O) groups is 1. The fourth-order valence-corrected chi connectivity index (χ4v) is 3.40. The lowest BCUT2D eigenvalue weighted by molar-refractivity contribution is -0.144. The van der Waals surface area contributed by atoms with Gasteiger partial charge in [-0.2, -0.15) is 0 Å². The lowest BCUT2D eigenvalue weighted by atomic mass is 9.77. The van der Waals surface area contributed by atoms with Crippen LogP contribution in [0.1, 0.15) is 12.0 Å². The molecule has 4 heteroatoms. The Morgan fingerprint density at radius 3 is 2.84 bits per heavy atom. The largest absolute Gasteiger partial charge is 0.481 e. The van der Waals surface area contributed by atoms with Crippen molar-refractivity contribution in [3.05, 3.63) is 35.9 Å². The van der Waals surface area contributed by atoms with E-state index in [-0.39, 0.29) is 11.3 Å². The number of aliphatic carboxylic acids is 1. The molecule has 19 heavy (non-hydrogen) atoms. The van der Waals surface area contributed by atoms with Crippen molar-refractivity contribution in [3.63, 3.8) is 0 Å². The van der Waals surface area contributed by atoms with E-state index < -0.39 is 5.97 Å². The highest BCUT2D eigenvalue weighted by Gasteiger charge is 2.52. The summed E-state index contributed by atoms with van der Waals surface area (Å²) in [5.74, 6) is -0.972. The third-order valence-electron chi connectivity index (χ3n) is 4.40. The molecule has 0 radical (unpaired) electrons. The Hall–Kier alpha value is -1.39. The van der Waals surface area contributed by atoms with Gasteiger partial charge in [0, 0.05) is 31.7 Å². The summed E-state index contributed by atoms with van der Waals surface area (Å²) in [6.45, 7) is 3.58. The van der Waals surface area contributed by atoms with Crippen LogP contribution in [0.3, 0.4) is 0 Å². The van der Waals surface area contributed by atoms with Crippen LogP contribution < -0.4 is 0 Å². The van der Waals surface area contributed by atoms with E-state index in [4.69, 9.17) is 4.74 Å². The molecule has 1 aromatic rings. The minimum atomic E-state index is -0.680. The first-order valence-electron chi connectivity index (χ1n) is 6.76. The van der Waals surface area contributed by atoms with Gasteiger partial charge in [-0.3, -0.25) is 9.69 Å². The van der Waals surface area contributed by atoms with E-state index in [9.17, 15) is 9.90 Å². The number of likely N-dealkylation sites (tertiary alicyclic amines) is 1. The average molecular weight is 261 g/mol. The van der Waals surface area contributed by atoms with Gasteiger partial charge in [-0.25, -0.2) is 0 Å². The van der Waals surface area contributed by atoms with Crippen molar-refractivity contribution in [2.45, 2.75) is 13.0 Å². The molecule has 2 aliphatic heterocycles. The van der Waals surface area contributed by atoms with Crippen LogP contribution in [0.4, 0.5) is 0 Å². The summed E-state index contributed by atoms with van der Waals surface area (Å²) in [6.07, 6.45) is 0.870. The summed E-state index contributed by atoms with van der Waals surface area (Å²) in [4.78, 5) is 13.7. The Labute approximate surface area is 113 Å². The van der Waals surface area contributed by atoms with Crippen LogP contribution in [0.5, 0.6) is 0 Å². The minimum Gasteiger partial charge on any atom is -0.481 e. The Morgan fingerprint density at radius 1 is 1.42 bits per heavy atom. The van der Waals surface area contributed by atoms with E-state index in [0.29, 0.717) is 19.8 Å². The van der Waals surface area contributed by atoms with Crippen molar-refractivity contribution in [1.29, 1.82) is 0 Å². The molecule has 0 unspecified atom stereocenters. The number of hydrogen-bond donors (Lipinski definition) is 1. The molecule has 0 saturated carbocycles. The zero-order valence-electron chi connectivity index (χ0n) is 10.9. The second kappa shape index (κ2) is 4.94. The molecule has 0 bridgehead atoms. The number of benzene rings is 1. The molecule has 1 aromatic carbocycles. The molecule has 1 spiro atoms. The van der Waals surface area contributed by atoms with Crippen molar-refractivity contribution < 1.29 is 14.6 Å². The first kappa shape index (κ1) is 12.6. The number of carboxylic acids is 1. The Morgan fingerprint density at radius 2 is 2.21 bits per heavy atom. The second-order valence-corrected chi connectivity index (χ2v) is 5.71. The fraction of sp³-hybridized carbons (Fsp3) is 0.533. The Balaban J connectivity index is 1.74. The van der Waals surface area contributed by atoms with E-state index in [1.54, 1.807) is 0 Å². The quantitative estimate of drug-likeness (QED) is 0.898. The smallest absolute Gasteiger partial charge is 0.308 e. The topological polar surface area (TPSA) is 49.8 Å². The van der Waals surface area contributed by atoms with Gasteiger partial charge in [0.25, 0.3) is 0 Å². The average Bonchev–Trinajstić information content (AvgIpc) is 2.99. The summed E-state index contributed by atoms with van der Waals surface area (Å²) in [5, 5.41) is 9.44. The molecule has 2 atom stereocenters. The van der Waals surface area contributed by atoms with E-state index in [1.165, 1.54) is 5.56 Å². The molecule has 3 rings (SSSR count). The van der Waals surface area contributed by atoms with Crippen LogP contribution in [0.25, 0.3) is 0 Å². The highest BCUT2D eigenvalue weighted by atomic mass is 16.5. The molecular weight excluding hydrogens is 242 g/mol. The zero-order valence-corrected chi connectivity index (χ0v) is 10.9. The highest BCUT2D eigenvalue weighted by molar-refractivity contribution is 5.72. The van der Waals surface area contributed by atoms with Gasteiger partial charge in [0.05, 0.1) is 12.5 Å². The third kappa shape index (κ3) is 2.38. The third-order valence-corrected chi connectivity index (χ3v) is 4.40. The molecule has 102 valence electrons. The monoisotopic (exact) mass is 261 g/mol. The summed E-state index contributed by atoms with van der Waals surface area (Å²) >= 11 is 0. The number of rotatable bonds is 3. The standard InChI is InChI=1S/C15H19NO3/c17-14(18)13-9-16(8-12-4-2-1-3-5-12)10-15(13)6-7-19-11-15/h1-5,13H,6-11H2,(H,17,18)/t13-,15+/m1/s1. The molecule has 0 aliphatic carbocycles. The Bertz CT molecular complexity index is 454. The second-order valence-electron chi connectivity index (χ2n) is 5.71. The number of hydrogen-bond acceptors (Lipinski definition) is 3. The minimum absolute atomic E-state index is 0.166. The van der Waals surface area contributed by atoms with Gasteiger partial charge < -0.3 is 9.84 Å². The number of carboxylic acid groups (broad SMARTS) is 1.